The summed E-state index contributed by atoms with van der Waals surface area (Å²) in [5.41, 5.74) is 1.67. The van der Waals surface area contributed by atoms with Crippen LogP contribution in [0.2, 0.25) is 0 Å². The smallest absolute Gasteiger partial charge is 0.206 e. The molecule has 1 aromatic carbocycles. The molecule has 0 bridgehead atoms. The number of hydrogen-bond acceptors (Lipinski definition) is 4. The second-order valence-electron chi connectivity index (χ2n) is 3.86. The van der Waals surface area contributed by atoms with Crippen molar-refractivity contribution in [1.82, 2.24) is 10.2 Å². The monoisotopic (exact) mass is 251 g/mol. The Morgan fingerprint density at radius 1 is 1.29 bits per heavy atom. The number of nitrogens with zero attached hydrogens (tertiary/aromatic N) is 2. The molecule has 2 rings (SSSR count). The molecule has 5 heteroatoms. The van der Waals surface area contributed by atoms with Crippen LogP contribution in [-0.4, -0.2) is 16.7 Å². The minimum absolute atomic E-state index is 0.238. The van der Waals surface area contributed by atoms with Crippen LogP contribution in [0.25, 0.3) is 10.6 Å². The van der Waals surface area contributed by atoms with E-state index in [9.17, 15) is 4.39 Å². The highest BCUT2D eigenvalue weighted by atomic mass is 32.1. The van der Waals surface area contributed by atoms with Crippen molar-refractivity contribution in [2.75, 3.05) is 11.9 Å². The number of anilines is 1. The van der Waals surface area contributed by atoms with Gasteiger partial charge >= 0.3 is 0 Å². The van der Waals surface area contributed by atoms with Crippen LogP contribution in [-0.2, 0) is 0 Å². The fourth-order valence-electron chi connectivity index (χ4n) is 1.50. The molecule has 0 aliphatic rings. The van der Waals surface area contributed by atoms with E-state index < -0.39 is 0 Å². The lowest BCUT2D eigenvalue weighted by Crippen LogP contribution is -1.98. The Morgan fingerprint density at radius 3 is 2.82 bits per heavy atom. The Balaban J connectivity index is 2.24. The van der Waals surface area contributed by atoms with Gasteiger partial charge in [0.1, 0.15) is 10.8 Å². The van der Waals surface area contributed by atoms with Gasteiger partial charge in [-0.2, -0.15) is 0 Å². The minimum atomic E-state index is -0.238. The maximum absolute atomic E-state index is 13.3. The Morgan fingerprint density at radius 2 is 2.12 bits per heavy atom. The lowest BCUT2D eigenvalue weighted by atomic mass is 10.1. The van der Waals surface area contributed by atoms with Crippen molar-refractivity contribution in [3.63, 3.8) is 0 Å². The van der Waals surface area contributed by atoms with Gasteiger partial charge in [-0.1, -0.05) is 18.3 Å². The van der Waals surface area contributed by atoms with E-state index in [0.29, 0.717) is 0 Å². The number of halogens is 1. The molecule has 0 fully saturated rings. The molecule has 0 radical (unpaired) electrons. The zero-order valence-corrected chi connectivity index (χ0v) is 10.6. The van der Waals surface area contributed by atoms with E-state index in [1.165, 1.54) is 23.5 Å². The first-order chi connectivity index (χ1) is 8.19. The summed E-state index contributed by atoms with van der Waals surface area (Å²) < 4.78 is 13.3. The summed E-state index contributed by atoms with van der Waals surface area (Å²) in [6, 6.07) is 4.89. The van der Waals surface area contributed by atoms with E-state index in [1.807, 2.05) is 13.0 Å². The quantitative estimate of drug-likeness (QED) is 0.904. The van der Waals surface area contributed by atoms with Gasteiger partial charge in [-0.25, -0.2) is 4.39 Å². The summed E-state index contributed by atoms with van der Waals surface area (Å²) >= 11 is 1.44. The lowest BCUT2D eigenvalue weighted by molar-refractivity contribution is 0.627. The molecule has 0 atom stereocenters. The van der Waals surface area contributed by atoms with Gasteiger partial charge in [0, 0.05) is 12.1 Å². The van der Waals surface area contributed by atoms with Crippen LogP contribution in [0.3, 0.4) is 0 Å². The van der Waals surface area contributed by atoms with Crippen LogP contribution < -0.4 is 5.32 Å². The average molecular weight is 251 g/mol. The molecule has 1 heterocycles. The molecule has 0 saturated carbocycles. The maximum atomic E-state index is 13.3. The number of aromatic nitrogens is 2. The number of nitrogens with one attached hydrogen (secondary N) is 1. The Bertz CT molecular complexity index is 490. The van der Waals surface area contributed by atoms with Crippen LogP contribution in [0.5, 0.6) is 0 Å². The first kappa shape index (κ1) is 12.0. The zero-order chi connectivity index (χ0) is 12.3. The van der Waals surface area contributed by atoms with E-state index in [0.717, 1.165) is 34.2 Å². The van der Waals surface area contributed by atoms with Gasteiger partial charge in [-0.15, -0.1) is 10.2 Å². The largest absolute Gasteiger partial charge is 0.360 e. The molecule has 0 unspecified atom stereocenters. The molecule has 1 N–H and O–H groups in total. The van der Waals surface area contributed by atoms with Crippen LogP contribution in [0.1, 0.15) is 18.9 Å². The van der Waals surface area contributed by atoms with E-state index >= 15 is 0 Å². The molecule has 0 aliphatic carbocycles. The Hall–Kier alpha value is -1.49. The third kappa shape index (κ3) is 3.00. The Kier molecular flexibility index (Phi) is 3.68. The maximum Gasteiger partial charge on any atom is 0.206 e. The van der Waals surface area contributed by atoms with E-state index in [4.69, 9.17) is 0 Å². The van der Waals surface area contributed by atoms with Gasteiger partial charge in [0.05, 0.1) is 0 Å². The highest BCUT2D eigenvalue weighted by Crippen LogP contribution is 2.27. The van der Waals surface area contributed by atoms with Crippen molar-refractivity contribution in [1.29, 1.82) is 0 Å². The van der Waals surface area contributed by atoms with Crippen LogP contribution in [0.15, 0.2) is 18.2 Å². The van der Waals surface area contributed by atoms with Gasteiger partial charge in [0.15, 0.2) is 0 Å². The highest BCUT2D eigenvalue weighted by Gasteiger charge is 2.07. The number of rotatable bonds is 4. The van der Waals surface area contributed by atoms with E-state index in [2.05, 4.69) is 22.4 Å². The fraction of sp³-hybridized carbons (Fsp3) is 0.333. The molecule has 3 nitrogen and oxygen atoms in total. The molecule has 90 valence electrons. The van der Waals surface area contributed by atoms with E-state index in [1.54, 1.807) is 0 Å². The third-order valence-electron chi connectivity index (χ3n) is 2.24. The molecule has 0 spiro atoms. The SMILES string of the molecule is CCCNc1nnc(-c2cc(C)cc(F)c2)s1. The molecular formula is C12H14FN3S. The third-order valence-corrected chi connectivity index (χ3v) is 3.17. The highest BCUT2D eigenvalue weighted by molar-refractivity contribution is 7.18. The molecule has 0 aliphatic heterocycles. The summed E-state index contributed by atoms with van der Waals surface area (Å²) in [6.07, 6.45) is 1.04. The second-order valence-corrected chi connectivity index (χ2v) is 4.83. The topological polar surface area (TPSA) is 37.8 Å². The molecular weight excluding hydrogens is 237 g/mol. The summed E-state index contributed by atoms with van der Waals surface area (Å²) in [4.78, 5) is 0. The van der Waals surface area contributed by atoms with Gasteiger partial charge < -0.3 is 5.32 Å². The summed E-state index contributed by atoms with van der Waals surface area (Å²) in [5, 5.41) is 12.8. The van der Waals surface area contributed by atoms with Crippen LogP contribution in [0, 0.1) is 12.7 Å². The molecule has 1 aromatic heterocycles. The van der Waals surface area contributed by atoms with Crippen LogP contribution >= 0.6 is 11.3 Å². The van der Waals surface area contributed by atoms with Crippen molar-refractivity contribution in [2.45, 2.75) is 20.3 Å². The van der Waals surface area contributed by atoms with Crippen molar-refractivity contribution < 1.29 is 4.39 Å². The van der Waals surface area contributed by atoms with E-state index in [-0.39, 0.29) is 5.82 Å². The number of aryl methyl sites for hydroxylation is 1. The van der Waals surface area contributed by atoms with Crippen LogP contribution in [0.4, 0.5) is 9.52 Å². The van der Waals surface area contributed by atoms with Gasteiger partial charge in [-0.3, -0.25) is 0 Å². The normalized spacial score (nSPS) is 10.5. The molecule has 0 saturated heterocycles. The van der Waals surface area contributed by atoms with Crippen molar-refractivity contribution in [3.05, 3.63) is 29.6 Å². The first-order valence-electron chi connectivity index (χ1n) is 5.54. The standard InChI is InChI=1S/C12H14FN3S/c1-3-4-14-12-16-15-11(17-12)9-5-8(2)6-10(13)7-9/h5-7H,3-4H2,1-2H3,(H,14,16). The first-order valence-corrected chi connectivity index (χ1v) is 6.35. The predicted molar refractivity (Wildman–Crippen MR) is 68.8 cm³/mol. The number of hydrogen-bond donors (Lipinski definition) is 1. The fourth-order valence-corrected chi connectivity index (χ4v) is 2.26. The van der Waals surface area contributed by atoms with Crippen molar-refractivity contribution >= 4 is 16.5 Å². The molecule has 17 heavy (non-hydrogen) atoms. The Labute approximate surface area is 104 Å². The number of benzene rings is 1. The van der Waals surface area contributed by atoms with Crippen molar-refractivity contribution in [3.8, 4) is 10.6 Å². The van der Waals surface area contributed by atoms with Gasteiger partial charge in [0.25, 0.3) is 0 Å². The summed E-state index contributed by atoms with van der Waals surface area (Å²) in [6.45, 7) is 4.82. The van der Waals surface area contributed by atoms with Gasteiger partial charge in [0.2, 0.25) is 5.13 Å². The predicted octanol–water partition coefficient (Wildman–Crippen LogP) is 3.47. The average Bonchev–Trinajstić information content (AvgIpc) is 2.73. The lowest BCUT2D eigenvalue weighted by Gasteiger charge is -1.98. The molecule has 2 aromatic rings. The summed E-state index contributed by atoms with van der Waals surface area (Å²) in [7, 11) is 0. The minimum Gasteiger partial charge on any atom is -0.360 e. The molecule has 0 amide bonds. The summed E-state index contributed by atoms with van der Waals surface area (Å²) in [5.74, 6) is -0.238. The van der Waals surface area contributed by atoms with Crippen molar-refractivity contribution in [2.24, 2.45) is 0 Å². The van der Waals surface area contributed by atoms with Gasteiger partial charge in [-0.05, 0) is 37.1 Å². The zero-order valence-electron chi connectivity index (χ0n) is 9.83. The second kappa shape index (κ2) is 5.23.